The molecule has 0 saturated carbocycles. The number of carbonyl (C=O) groups excluding carboxylic acids is 1. The van der Waals surface area contributed by atoms with Gasteiger partial charge in [-0.1, -0.05) is 23.4 Å². The maximum absolute atomic E-state index is 12.1. The number of aromatic amines is 1. The van der Waals surface area contributed by atoms with Gasteiger partial charge in [0.2, 0.25) is 5.91 Å². The van der Waals surface area contributed by atoms with E-state index < -0.39 is 4.92 Å². The quantitative estimate of drug-likeness (QED) is 0.399. The van der Waals surface area contributed by atoms with Gasteiger partial charge in [0, 0.05) is 24.0 Å². The van der Waals surface area contributed by atoms with E-state index in [1.54, 1.807) is 13.0 Å². The largest absolute Gasteiger partial charge is 0.331 e. The van der Waals surface area contributed by atoms with Crippen molar-refractivity contribution in [1.29, 1.82) is 0 Å². The van der Waals surface area contributed by atoms with E-state index in [-0.39, 0.29) is 17.3 Å². The van der Waals surface area contributed by atoms with E-state index in [1.165, 1.54) is 36.2 Å². The van der Waals surface area contributed by atoms with Crippen molar-refractivity contribution in [2.24, 2.45) is 0 Å². The molecule has 0 bridgehead atoms. The normalized spacial score (nSPS) is 10.8. The van der Waals surface area contributed by atoms with Crippen LogP contribution < -0.4 is 5.32 Å². The summed E-state index contributed by atoms with van der Waals surface area (Å²) in [6.45, 7) is 1.70. The first-order chi connectivity index (χ1) is 11.9. The highest BCUT2D eigenvalue weighted by Gasteiger charge is 2.12. The molecule has 0 aliphatic rings. The van der Waals surface area contributed by atoms with Gasteiger partial charge in [-0.15, -0.1) is 0 Å². The number of carbonyl (C=O) groups is 1. The van der Waals surface area contributed by atoms with Crippen molar-refractivity contribution in [3.8, 4) is 0 Å². The van der Waals surface area contributed by atoms with E-state index in [0.29, 0.717) is 32.6 Å². The molecule has 3 aromatic rings. The monoisotopic (exact) mass is 377 g/mol. The number of halogens is 1. The molecule has 0 atom stereocenters. The molecule has 2 heterocycles. The van der Waals surface area contributed by atoms with Gasteiger partial charge in [0.25, 0.3) is 5.69 Å². The molecule has 0 saturated heterocycles. The fourth-order valence-corrected chi connectivity index (χ4v) is 2.97. The number of thioether (sulfide) groups is 1. The van der Waals surface area contributed by atoms with Crippen molar-refractivity contribution in [2.75, 3.05) is 11.1 Å². The van der Waals surface area contributed by atoms with Crippen LogP contribution in [0.1, 0.15) is 5.56 Å². The highest BCUT2D eigenvalue weighted by Crippen LogP contribution is 2.23. The van der Waals surface area contributed by atoms with Crippen molar-refractivity contribution >= 4 is 51.8 Å². The Morgan fingerprint density at radius 3 is 2.96 bits per heavy atom. The minimum Gasteiger partial charge on any atom is -0.331 e. The molecular formula is C15H12ClN5O3S. The number of anilines is 1. The number of hydrogen-bond acceptors (Lipinski definition) is 6. The molecule has 2 N–H and O–H groups in total. The molecule has 1 amide bonds. The van der Waals surface area contributed by atoms with E-state index in [4.69, 9.17) is 11.6 Å². The molecule has 1 aromatic carbocycles. The minimum atomic E-state index is -0.476. The molecule has 2 aromatic heterocycles. The van der Waals surface area contributed by atoms with Crippen LogP contribution in [-0.2, 0) is 4.79 Å². The molecule has 0 fully saturated rings. The minimum absolute atomic E-state index is 0.0155. The molecular weight excluding hydrogens is 366 g/mol. The maximum Gasteiger partial charge on any atom is 0.269 e. The number of rotatable bonds is 5. The number of nitro benzene ring substituents is 1. The topological polar surface area (TPSA) is 114 Å². The zero-order valence-corrected chi connectivity index (χ0v) is 14.5. The fraction of sp³-hybridized carbons (Fsp3) is 0.133. The van der Waals surface area contributed by atoms with Crippen LogP contribution in [0.15, 0.2) is 35.6 Å². The smallest absolute Gasteiger partial charge is 0.269 e. The summed E-state index contributed by atoms with van der Waals surface area (Å²) >= 11 is 7.09. The highest BCUT2D eigenvalue weighted by molar-refractivity contribution is 7.99. The Morgan fingerprint density at radius 2 is 2.24 bits per heavy atom. The number of nitrogens with one attached hydrogen (secondary N) is 2. The predicted octanol–water partition coefficient (Wildman–Crippen LogP) is 3.56. The van der Waals surface area contributed by atoms with Gasteiger partial charge in [-0.25, -0.2) is 9.97 Å². The summed E-state index contributed by atoms with van der Waals surface area (Å²) in [4.78, 5) is 33.7. The Bertz CT molecular complexity index is 975. The van der Waals surface area contributed by atoms with Crippen molar-refractivity contribution in [1.82, 2.24) is 15.0 Å². The van der Waals surface area contributed by atoms with Crippen LogP contribution in [0, 0.1) is 17.0 Å². The number of non-ortho nitro benzene ring substituents is 1. The summed E-state index contributed by atoms with van der Waals surface area (Å²) in [5.74, 6) is -0.113. The van der Waals surface area contributed by atoms with E-state index >= 15 is 0 Å². The molecule has 0 aliphatic carbocycles. The molecule has 10 heteroatoms. The highest BCUT2D eigenvalue weighted by atomic mass is 35.5. The summed E-state index contributed by atoms with van der Waals surface area (Å²) in [7, 11) is 0. The van der Waals surface area contributed by atoms with Crippen LogP contribution >= 0.6 is 23.4 Å². The number of amides is 1. The van der Waals surface area contributed by atoms with Crippen LogP contribution in [-0.4, -0.2) is 31.5 Å². The van der Waals surface area contributed by atoms with Crippen LogP contribution in [0.25, 0.3) is 11.2 Å². The van der Waals surface area contributed by atoms with Gasteiger partial charge < -0.3 is 10.3 Å². The lowest BCUT2D eigenvalue weighted by Crippen LogP contribution is -2.15. The van der Waals surface area contributed by atoms with E-state index in [0.717, 1.165) is 0 Å². The molecule has 128 valence electrons. The van der Waals surface area contributed by atoms with E-state index in [2.05, 4.69) is 20.3 Å². The molecule has 0 spiro atoms. The second-order valence-electron chi connectivity index (χ2n) is 5.16. The summed E-state index contributed by atoms with van der Waals surface area (Å²) in [5, 5.41) is 14.5. The third-order valence-corrected chi connectivity index (χ3v) is 4.40. The molecule has 3 rings (SSSR count). The number of aryl methyl sites for hydroxylation is 1. The average Bonchev–Trinajstić information content (AvgIpc) is 2.96. The summed E-state index contributed by atoms with van der Waals surface area (Å²) < 4.78 is 0. The standard InChI is InChI=1S/C15H12ClN5O3S/c1-8-4-10(21(23)24)2-3-11(8)18-13(22)7-25-15-19-12-5-9(16)6-17-14(12)20-15/h2-6H,7H2,1H3,(H,18,22)(H,17,19,20). The number of nitro groups is 1. The Balaban J connectivity index is 1.63. The molecule has 25 heavy (non-hydrogen) atoms. The lowest BCUT2D eigenvalue weighted by atomic mass is 10.2. The summed E-state index contributed by atoms with van der Waals surface area (Å²) in [6, 6.07) is 5.99. The summed E-state index contributed by atoms with van der Waals surface area (Å²) in [6.07, 6.45) is 1.50. The van der Waals surface area contributed by atoms with Crippen LogP contribution in [0.3, 0.4) is 0 Å². The summed E-state index contributed by atoms with van der Waals surface area (Å²) in [5.41, 5.74) is 2.36. The first kappa shape index (κ1) is 17.2. The molecule has 0 aliphatic heterocycles. The number of imidazole rings is 1. The third kappa shape index (κ3) is 4.06. The Kier molecular flexibility index (Phi) is 4.86. The van der Waals surface area contributed by atoms with Gasteiger partial charge in [-0.2, -0.15) is 0 Å². The van der Waals surface area contributed by atoms with Gasteiger partial charge in [0.05, 0.1) is 21.2 Å². The van der Waals surface area contributed by atoms with Crippen molar-refractivity contribution in [3.63, 3.8) is 0 Å². The van der Waals surface area contributed by atoms with Gasteiger partial charge in [-0.3, -0.25) is 14.9 Å². The SMILES string of the molecule is Cc1cc([N+](=O)[O-])ccc1NC(=O)CSc1nc2ncc(Cl)cc2[nH]1. The first-order valence-corrected chi connectivity index (χ1v) is 8.47. The zero-order chi connectivity index (χ0) is 18.0. The second kappa shape index (κ2) is 7.08. The number of fused-ring (bicyclic) bond motifs is 1. The van der Waals surface area contributed by atoms with Gasteiger partial charge >= 0.3 is 0 Å². The van der Waals surface area contributed by atoms with Gasteiger partial charge in [-0.05, 0) is 24.6 Å². The number of benzene rings is 1. The Hall–Kier alpha value is -2.65. The Labute approximate surface area is 151 Å². The molecule has 0 unspecified atom stereocenters. The second-order valence-corrected chi connectivity index (χ2v) is 6.56. The number of hydrogen-bond donors (Lipinski definition) is 2. The van der Waals surface area contributed by atoms with Gasteiger partial charge in [0.1, 0.15) is 0 Å². The van der Waals surface area contributed by atoms with Crippen LogP contribution in [0.4, 0.5) is 11.4 Å². The molecule has 0 radical (unpaired) electrons. The average molecular weight is 378 g/mol. The Morgan fingerprint density at radius 1 is 1.44 bits per heavy atom. The van der Waals surface area contributed by atoms with Crippen LogP contribution in [0.2, 0.25) is 5.02 Å². The number of aromatic nitrogens is 3. The van der Waals surface area contributed by atoms with E-state index in [9.17, 15) is 14.9 Å². The van der Waals surface area contributed by atoms with E-state index in [1.807, 2.05) is 0 Å². The maximum atomic E-state index is 12.1. The lowest BCUT2D eigenvalue weighted by Gasteiger charge is -2.07. The van der Waals surface area contributed by atoms with Crippen molar-refractivity contribution in [2.45, 2.75) is 12.1 Å². The lowest BCUT2D eigenvalue weighted by molar-refractivity contribution is -0.384. The third-order valence-electron chi connectivity index (χ3n) is 3.32. The number of H-pyrrole nitrogens is 1. The van der Waals surface area contributed by atoms with Gasteiger partial charge in [0.15, 0.2) is 10.8 Å². The zero-order valence-electron chi connectivity index (χ0n) is 12.9. The fourth-order valence-electron chi connectivity index (χ4n) is 2.14. The molecule has 8 nitrogen and oxygen atoms in total. The van der Waals surface area contributed by atoms with Crippen molar-refractivity contribution in [3.05, 3.63) is 51.2 Å². The van der Waals surface area contributed by atoms with Crippen molar-refractivity contribution < 1.29 is 9.72 Å². The van der Waals surface area contributed by atoms with Crippen LogP contribution in [0.5, 0.6) is 0 Å². The first-order valence-electron chi connectivity index (χ1n) is 7.11. The number of nitrogens with zero attached hydrogens (tertiary/aromatic N) is 3. The number of pyridine rings is 1. The predicted molar refractivity (Wildman–Crippen MR) is 96.1 cm³/mol.